The molecule has 3 rings (SSSR count). The smallest absolute Gasteiger partial charge is 0.233 e. The summed E-state index contributed by atoms with van der Waals surface area (Å²) >= 11 is 2.94. The zero-order valence-electron chi connectivity index (χ0n) is 16.4. The third-order valence-corrected chi connectivity index (χ3v) is 7.41. The SMILES string of the molecule is Cc1ccc(Nc2nnc(S[C@@H](C)C(=O)N[C@@H]3CCC[C@@H](C)[C@@H]3C)s2)cc1. The summed E-state index contributed by atoms with van der Waals surface area (Å²) < 4.78 is 0.803. The predicted molar refractivity (Wildman–Crippen MR) is 114 cm³/mol. The van der Waals surface area contributed by atoms with Crippen molar-refractivity contribution in [2.24, 2.45) is 11.8 Å². The fourth-order valence-corrected chi connectivity index (χ4v) is 5.28. The lowest BCUT2D eigenvalue weighted by Crippen LogP contribution is -2.46. The molecule has 0 saturated heterocycles. The van der Waals surface area contributed by atoms with Crippen LogP contribution in [0.3, 0.4) is 0 Å². The van der Waals surface area contributed by atoms with Gasteiger partial charge in [0.05, 0.1) is 5.25 Å². The number of amides is 1. The van der Waals surface area contributed by atoms with Gasteiger partial charge in [-0.2, -0.15) is 0 Å². The van der Waals surface area contributed by atoms with Crippen molar-refractivity contribution in [2.75, 3.05) is 5.32 Å². The van der Waals surface area contributed by atoms with Crippen molar-refractivity contribution in [1.29, 1.82) is 0 Å². The standard InChI is InChI=1S/C20H28N4OS2/c1-12-8-10-16(11-9-12)21-19-23-24-20(27-19)26-15(4)18(25)22-17-7-5-6-13(2)14(17)3/h8-11,13-15,17H,5-7H2,1-4H3,(H,21,23)(H,22,25)/t13-,14+,15+,17-/m1/s1. The number of anilines is 2. The maximum Gasteiger partial charge on any atom is 0.233 e. The molecule has 2 N–H and O–H groups in total. The summed E-state index contributed by atoms with van der Waals surface area (Å²) in [5, 5.41) is 15.5. The quantitative estimate of drug-likeness (QED) is 0.662. The zero-order valence-corrected chi connectivity index (χ0v) is 18.0. The van der Waals surface area contributed by atoms with Crippen molar-refractivity contribution in [3.8, 4) is 0 Å². The van der Waals surface area contributed by atoms with E-state index >= 15 is 0 Å². The van der Waals surface area contributed by atoms with E-state index in [0.717, 1.165) is 21.6 Å². The van der Waals surface area contributed by atoms with Crippen molar-refractivity contribution < 1.29 is 4.79 Å². The van der Waals surface area contributed by atoms with Gasteiger partial charge in [-0.15, -0.1) is 10.2 Å². The van der Waals surface area contributed by atoms with E-state index in [9.17, 15) is 4.79 Å². The number of hydrogen-bond donors (Lipinski definition) is 2. The van der Waals surface area contributed by atoms with Crippen LogP contribution in [0.2, 0.25) is 0 Å². The Labute approximate surface area is 169 Å². The van der Waals surface area contributed by atoms with Crippen LogP contribution in [-0.4, -0.2) is 27.4 Å². The second kappa shape index (κ2) is 9.06. The maximum absolute atomic E-state index is 12.6. The molecule has 1 aliphatic rings. The van der Waals surface area contributed by atoms with Crippen molar-refractivity contribution in [3.05, 3.63) is 29.8 Å². The Morgan fingerprint density at radius 2 is 1.96 bits per heavy atom. The maximum atomic E-state index is 12.6. The molecule has 27 heavy (non-hydrogen) atoms. The van der Waals surface area contributed by atoms with Crippen LogP contribution in [0, 0.1) is 18.8 Å². The molecule has 146 valence electrons. The Balaban J connectivity index is 1.53. The van der Waals surface area contributed by atoms with E-state index < -0.39 is 0 Å². The second-order valence-electron chi connectivity index (χ2n) is 7.51. The molecule has 1 aromatic carbocycles. The average Bonchev–Trinajstić information content (AvgIpc) is 3.07. The fraction of sp³-hybridized carbons (Fsp3) is 0.550. The van der Waals surface area contributed by atoms with Crippen LogP contribution in [0.5, 0.6) is 0 Å². The molecule has 7 heteroatoms. The van der Waals surface area contributed by atoms with Gasteiger partial charge in [-0.3, -0.25) is 4.79 Å². The summed E-state index contributed by atoms with van der Waals surface area (Å²) in [5.41, 5.74) is 2.20. The number of carbonyl (C=O) groups is 1. The number of hydrogen-bond acceptors (Lipinski definition) is 6. The molecule has 1 amide bonds. The summed E-state index contributed by atoms with van der Waals surface area (Å²) in [4.78, 5) is 12.6. The third-order valence-electron chi connectivity index (χ3n) is 5.39. The Morgan fingerprint density at radius 3 is 2.70 bits per heavy atom. The summed E-state index contributed by atoms with van der Waals surface area (Å²) in [6.45, 7) is 8.53. The first-order valence-electron chi connectivity index (χ1n) is 9.56. The number of benzene rings is 1. The number of nitrogens with one attached hydrogen (secondary N) is 2. The van der Waals surface area contributed by atoms with Gasteiger partial charge in [0.2, 0.25) is 11.0 Å². The van der Waals surface area contributed by atoms with E-state index in [2.05, 4.69) is 53.7 Å². The molecule has 0 aliphatic heterocycles. The van der Waals surface area contributed by atoms with Crippen LogP contribution in [0.1, 0.15) is 45.6 Å². The molecule has 0 radical (unpaired) electrons. The first-order chi connectivity index (χ1) is 12.9. The first kappa shape index (κ1) is 20.1. The van der Waals surface area contributed by atoms with Crippen molar-refractivity contribution in [1.82, 2.24) is 15.5 Å². The van der Waals surface area contributed by atoms with Crippen molar-refractivity contribution in [3.63, 3.8) is 0 Å². The monoisotopic (exact) mass is 404 g/mol. The Hall–Kier alpha value is -1.60. The molecule has 1 aromatic heterocycles. The van der Waals surface area contributed by atoms with E-state index in [1.54, 1.807) is 0 Å². The van der Waals surface area contributed by atoms with Crippen LogP contribution >= 0.6 is 23.1 Å². The normalized spacial score (nSPS) is 23.6. The van der Waals surface area contributed by atoms with Gasteiger partial charge in [-0.25, -0.2) is 0 Å². The van der Waals surface area contributed by atoms with Crippen molar-refractivity contribution >= 4 is 39.8 Å². The highest BCUT2D eigenvalue weighted by Gasteiger charge is 2.29. The van der Waals surface area contributed by atoms with Gasteiger partial charge in [-0.1, -0.05) is 67.5 Å². The van der Waals surface area contributed by atoms with Gasteiger partial charge in [0.1, 0.15) is 0 Å². The molecule has 0 bridgehead atoms. The fourth-order valence-electron chi connectivity index (χ4n) is 3.36. The lowest BCUT2D eigenvalue weighted by molar-refractivity contribution is -0.121. The van der Waals surface area contributed by atoms with Crippen LogP contribution in [0.15, 0.2) is 28.6 Å². The molecule has 1 saturated carbocycles. The van der Waals surface area contributed by atoms with E-state index in [1.165, 1.54) is 41.5 Å². The summed E-state index contributed by atoms with van der Waals surface area (Å²) in [6.07, 6.45) is 3.54. The van der Waals surface area contributed by atoms with E-state index in [-0.39, 0.29) is 17.2 Å². The van der Waals surface area contributed by atoms with Gasteiger partial charge in [0, 0.05) is 11.7 Å². The highest BCUT2D eigenvalue weighted by molar-refractivity contribution is 8.02. The summed E-state index contributed by atoms with van der Waals surface area (Å²) in [5.74, 6) is 1.30. The third kappa shape index (κ3) is 5.45. The van der Waals surface area contributed by atoms with Gasteiger partial charge < -0.3 is 10.6 Å². The number of thioether (sulfide) groups is 1. The molecule has 0 spiro atoms. The molecule has 1 aliphatic carbocycles. The minimum Gasteiger partial charge on any atom is -0.352 e. The van der Waals surface area contributed by atoms with Gasteiger partial charge in [0.15, 0.2) is 4.34 Å². The van der Waals surface area contributed by atoms with Crippen LogP contribution in [-0.2, 0) is 4.79 Å². The lowest BCUT2D eigenvalue weighted by atomic mass is 9.78. The minimum atomic E-state index is -0.186. The topological polar surface area (TPSA) is 66.9 Å². The molecular weight excluding hydrogens is 376 g/mol. The zero-order chi connectivity index (χ0) is 19.4. The predicted octanol–water partition coefficient (Wildman–Crippen LogP) is 5.01. The molecule has 1 fully saturated rings. The number of aromatic nitrogens is 2. The molecular formula is C20H28N4OS2. The van der Waals surface area contributed by atoms with Crippen LogP contribution in [0.25, 0.3) is 0 Å². The van der Waals surface area contributed by atoms with Gasteiger partial charge in [0.25, 0.3) is 0 Å². The Morgan fingerprint density at radius 1 is 1.22 bits per heavy atom. The second-order valence-corrected chi connectivity index (χ2v) is 10.1. The lowest BCUT2D eigenvalue weighted by Gasteiger charge is -2.35. The van der Waals surface area contributed by atoms with Crippen LogP contribution in [0.4, 0.5) is 10.8 Å². The number of aryl methyl sites for hydroxylation is 1. The Kier molecular flexibility index (Phi) is 6.76. The average molecular weight is 405 g/mol. The highest BCUT2D eigenvalue weighted by Crippen LogP contribution is 2.32. The minimum absolute atomic E-state index is 0.0918. The van der Waals surface area contributed by atoms with Crippen LogP contribution < -0.4 is 10.6 Å². The molecule has 1 heterocycles. The first-order valence-corrected chi connectivity index (χ1v) is 11.3. The largest absolute Gasteiger partial charge is 0.352 e. The number of nitrogens with zero attached hydrogens (tertiary/aromatic N) is 2. The Bertz CT molecular complexity index is 762. The number of carbonyl (C=O) groups excluding carboxylic acids is 1. The van der Waals surface area contributed by atoms with E-state index in [1.807, 2.05) is 19.1 Å². The molecule has 5 nitrogen and oxygen atoms in total. The summed E-state index contributed by atoms with van der Waals surface area (Å²) in [7, 11) is 0. The summed E-state index contributed by atoms with van der Waals surface area (Å²) in [6, 6.07) is 8.44. The van der Waals surface area contributed by atoms with Gasteiger partial charge in [-0.05, 0) is 44.2 Å². The highest BCUT2D eigenvalue weighted by atomic mass is 32.2. The van der Waals surface area contributed by atoms with Crippen molar-refractivity contribution in [2.45, 2.75) is 62.6 Å². The van der Waals surface area contributed by atoms with Gasteiger partial charge >= 0.3 is 0 Å². The molecule has 0 unspecified atom stereocenters. The van der Waals surface area contributed by atoms with E-state index in [0.29, 0.717) is 11.8 Å². The number of rotatable bonds is 6. The molecule has 2 aromatic rings. The molecule has 4 atom stereocenters. The van der Waals surface area contributed by atoms with E-state index in [4.69, 9.17) is 0 Å².